The molecule has 0 bridgehead atoms. The van der Waals surface area contributed by atoms with E-state index in [1.165, 1.54) is 0 Å². The van der Waals surface area contributed by atoms with Gasteiger partial charge in [0.05, 0.1) is 26.4 Å². The number of aliphatic imine (C=N–C) groups is 1. The van der Waals surface area contributed by atoms with Gasteiger partial charge in [-0.15, -0.1) is 0 Å². The van der Waals surface area contributed by atoms with Crippen LogP contribution in [-0.4, -0.2) is 45.5 Å². The first-order valence-corrected chi connectivity index (χ1v) is 9.99. The molecule has 1 atom stereocenters. The molecule has 154 valence electrons. The van der Waals surface area contributed by atoms with Crippen LogP contribution in [-0.2, 0) is 11.3 Å². The average Bonchev–Trinajstić information content (AvgIpc) is 2.66. The molecule has 0 spiro atoms. The summed E-state index contributed by atoms with van der Waals surface area (Å²) >= 11 is 0. The lowest BCUT2D eigenvalue weighted by Gasteiger charge is -2.21. The van der Waals surface area contributed by atoms with Crippen molar-refractivity contribution in [1.29, 1.82) is 0 Å². The highest BCUT2D eigenvalue weighted by Crippen LogP contribution is 2.28. The highest BCUT2D eigenvalue weighted by Gasteiger charge is 2.13. The number of guanidine groups is 1. The number of hydrogen-bond acceptors (Lipinski definition) is 4. The summed E-state index contributed by atoms with van der Waals surface area (Å²) in [6.07, 6.45) is 1.22. The zero-order chi connectivity index (χ0) is 20.1. The van der Waals surface area contributed by atoms with Crippen LogP contribution < -0.4 is 20.1 Å². The lowest BCUT2D eigenvalue weighted by molar-refractivity contribution is 0.0258. The molecular weight excluding hydrogens is 342 g/mol. The monoisotopic (exact) mass is 379 g/mol. The molecule has 6 heteroatoms. The van der Waals surface area contributed by atoms with Gasteiger partial charge in [0, 0.05) is 19.7 Å². The van der Waals surface area contributed by atoms with Crippen LogP contribution in [0.3, 0.4) is 0 Å². The molecule has 0 saturated carbocycles. The van der Waals surface area contributed by atoms with E-state index in [4.69, 9.17) is 14.2 Å². The number of rotatable bonds is 12. The Morgan fingerprint density at radius 3 is 2.44 bits per heavy atom. The van der Waals surface area contributed by atoms with E-state index in [0.29, 0.717) is 19.1 Å². The Hall–Kier alpha value is -1.95. The number of hydrogen-bond donors (Lipinski definition) is 2. The van der Waals surface area contributed by atoms with Crippen LogP contribution in [0.25, 0.3) is 0 Å². The van der Waals surface area contributed by atoms with Gasteiger partial charge >= 0.3 is 0 Å². The quantitative estimate of drug-likeness (QED) is 0.429. The highest BCUT2D eigenvalue weighted by atomic mass is 16.5. The van der Waals surface area contributed by atoms with E-state index in [9.17, 15) is 0 Å². The number of benzene rings is 1. The zero-order valence-corrected chi connectivity index (χ0v) is 17.8. The van der Waals surface area contributed by atoms with Crippen molar-refractivity contribution < 1.29 is 14.2 Å². The molecular formula is C21H37N3O3. The van der Waals surface area contributed by atoms with Gasteiger partial charge in [0.2, 0.25) is 0 Å². The summed E-state index contributed by atoms with van der Waals surface area (Å²) < 4.78 is 16.8. The molecule has 0 radical (unpaired) electrons. The van der Waals surface area contributed by atoms with Gasteiger partial charge in [0.1, 0.15) is 0 Å². The van der Waals surface area contributed by atoms with E-state index in [2.05, 4.69) is 36.4 Å². The van der Waals surface area contributed by atoms with E-state index in [1.54, 1.807) is 7.11 Å². The highest BCUT2D eigenvalue weighted by molar-refractivity contribution is 5.79. The van der Waals surface area contributed by atoms with Crippen LogP contribution in [0.4, 0.5) is 0 Å². The van der Waals surface area contributed by atoms with Crippen molar-refractivity contribution in [1.82, 2.24) is 10.6 Å². The van der Waals surface area contributed by atoms with E-state index >= 15 is 0 Å². The molecule has 1 unspecified atom stereocenters. The van der Waals surface area contributed by atoms with E-state index in [1.807, 2.05) is 32.0 Å². The fourth-order valence-electron chi connectivity index (χ4n) is 2.75. The minimum absolute atomic E-state index is 0.265. The van der Waals surface area contributed by atoms with E-state index < -0.39 is 0 Å². The summed E-state index contributed by atoms with van der Waals surface area (Å²) in [5, 5.41) is 6.69. The maximum absolute atomic E-state index is 5.81. The molecule has 0 aliphatic heterocycles. The minimum Gasteiger partial charge on any atom is -0.493 e. The van der Waals surface area contributed by atoms with Crippen molar-refractivity contribution in [3.63, 3.8) is 0 Å². The van der Waals surface area contributed by atoms with Crippen LogP contribution in [0.5, 0.6) is 11.5 Å². The van der Waals surface area contributed by atoms with Gasteiger partial charge in [0.15, 0.2) is 17.5 Å². The number of ether oxygens (including phenoxy) is 3. The number of nitrogens with one attached hydrogen (secondary N) is 2. The van der Waals surface area contributed by atoms with Crippen LogP contribution in [0.2, 0.25) is 0 Å². The van der Waals surface area contributed by atoms with Gasteiger partial charge in [-0.05, 0) is 50.8 Å². The average molecular weight is 380 g/mol. The van der Waals surface area contributed by atoms with Crippen molar-refractivity contribution in [3.8, 4) is 11.5 Å². The molecule has 1 rings (SSSR count). The molecule has 27 heavy (non-hydrogen) atoms. The second-order valence-corrected chi connectivity index (χ2v) is 6.57. The summed E-state index contributed by atoms with van der Waals surface area (Å²) in [5.41, 5.74) is 1.07. The normalized spacial score (nSPS) is 12.8. The smallest absolute Gasteiger partial charge is 0.191 e. The van der Waals surface area contributed by atoms with Crippen LogP contribution in [0, 0.1) is 5.92 Å². The van der Waals surface area contributed by atoms with E-state index in [-0.39, 0.29) is 6.10 Å². The Kier molecular flexibility index (Phi) is 11.3. The molecule has 0 amide bonds. The van der Waals surface area contributed by atoms with Crippen LogP contribution in [0.1, 0.15) is 46.6 Å². The fourth-order valence-corrected chi connectivity index (χ4v) is 2.75. The number of methoxy groups -OCH3 is 1. The fraction of sp³-hybridized carbons (Fsp3) is 0.667. The summed E-state index contributed by atoms with van der Waals surface area (Å²) in [7, 11) is 1.65. The standard InChI is InChI=1S/C21H37N3O3/c1-7-22-21(23-13-12-18(16(4)5)26-8-2)24-15-17-10-11-19(27-9-3)20(14-17)25-6/h10-11,14,16,18H,7-9,12-13,15H2,1-6H3,(H2,22,23,24). The Morgan fingerprint density at radius 1 is 1.07 bits per heavy atom. The van der Waals surface area contributed by atoms with Gasteiger partial charge in [-0.2, -0.15) is 0 Å². The first-order valence-electron chi connectivity index (χ1n) is 9.99. The molecule has 0 saturated heterocycles. The SMILES string of the molecule is CCNC(=NCc1ccc(OCC)c(OC)c1)NCCC(OCC)C(C)C. The first kappa shape index (κ1) is 23.1. The molecule has 0 fully saturated rings. The van der Waals surface area contributed by atoms with Gasteiger partial charge in [-0.1, -0.05) is 19.9 Å². The first-order chi connectivity index (χ1) is 13.0. The Bertz CT molecular complexity index is 562. The molecule has 6 nitrogen and oxygen atoms in total. The Labute approximate surface area is 164 Å². The maximum Gasteiger partial charge on any atom is 0.191 e. The predicted molar refractivity (Wildman–Crippen MR) is 112 cm³/mol. The molecule has 0 aliphatic carbocycles. The molecule has 0 aromatic heterocycles. The number of nitrogens with zero attached hydrogens (tertiary/aromatic N) is 1. The lowest BCUT2D eigenvalue weighted by Crippen LogP contribution is -2.39. The van der Waals surface area contributed by atoms with Gasteiger partial charge in [-0.3, -0.25) is 0 Å². The van der Waals surface area contributed by atoms with Crippen molar-refractivity contribution in [3.05, 3.63) is 23.8 Å². The summed E-state index contributed by atoms with van der Waals surface area (Å²) in [6.45, 7) is 14.0. The summed E-state index contributed by atoms with van der Waals surface area (Å²) in [4.78, 5) is 4.68. The lowest BCUT2D eigenvalue weighted by atomic mass is 10.0. The molecule has 1 aromatic carbocycles. The summed E-state index contributed by atoms with van der Waals surface area (Å²) in [6, 6.07) is 5.93. The second-order valence-electron chi connectivity index (χ2n) is 6.57. The Morgan fingerprint density at radius 2 is 1.85 bits per heavy atom. The third kappa shape index (κ3) is 8.52. The van der Waals surface area contributed by atoms with Gasteiger partial charge < -0.3 is 24.8 Å². The zero-order valence-electron chi connectivity index (χ0n) is 17.8. The van der Waals surface area contributed by atoms with Crippen molar-refractivity contribution in [2.45, 2.75) is 53.7 Å². The van der Waals surface area contributed by atoms with Crippen molar-refractivity contribution >= 4 is 5.96 Å². The van der Waals surface area contributed by atoms with Gasteiger partial charge in [0.25, 0.3) is 0 Å². The maximum atomic E-state index is 5.81. The van der Waals surface area contributed by atoms with Crippen LogP contribution in [0.15, 0.2) is 23.2 Å². The Balaban J connectivity index is 2.67. The molecule has 2 N–H and O–H groups in total. The second kappa shape index (κ2) is 13.3. The largest absolute Gasteiger partial charge is 0.493 e. The molecule has 0 aliphatic rings. The van der Waals surface area contributed by atoms with Crippen molar-refractivity contribution in [2.24, 2.45) is 10.9 Å². The summed E-state index contributed by atoms with van der Waals surface area (Å²) in [5.74, 6) is 2.80. The van der Waals surface area contributed by atoms with Gasteiger partial charge in [-0.25, -0.2) is 4.99 Å². The minimum atomic E-state index is 0.265. The third-order valence-electron chi connectivity index (χ3n) is 4.14. The third-order valence-corrected chi connectivity index (χ3v) is 4.14. The van der Waals surface area contributed by atoms with Crippen molar-refractivity contribution in [2.75, 3.05) is 33.4 Å². The van der Waals surface area contributed by atoms with E-state index in [0.717, 1.165) is 49.1 Å². The molecule has 0 heterocycles. The molecule has 1 aromatic rings. The topological polar surface area (TPSA) is 64.1 Å². The predicted octanol–water partition coefficient (Wildman–Crippen LogP) is 3.60. The van der Waals surface area contributed by atoms with Crippen LogP contribution >= 0.6 is 0 Å².